The number of aliphatic carboxylic acids is 1. The Kier molecular flexibility index (Phi) is 5.61. The van der Waals surface area contributed by atoms with Gasteiger partial charge in [-0.25, -0.2) is 4.79 Å². The molecule has 0 heterocycles. The van der Waals surface area contributed by atoms with Crippen LogP contribution in [0.1, 0.15) is 5.56 Å². The molecule has 1 amide bonds. The molecule has 1 aromatic rings. The van der Waals surface area contributed by atoms with Gasteiger partial charge in [0.15, 0.2) is 0 Å². The van der Waals surface area contributed by atoms with Gasteiger partial charge in [0.2, 0.25) is 0 Å². The van der Waals surface area contributed by atoms with Gasteiger partial charge in [-0.3, -0.25) is 4.79 Å². The molecule has 1 aromatic carbocycles. The first kappa shape index (κ1) is 17.6. The van der Waals surface area contributed by atoms with E-state index in [9.17, 15) is 22.8 Å². The molecule has 1 unspecified atom stereocenters. The Hall–Kier alpha value is -2.45. The Morgan fingerprint density at radius 1 is 1.18 bits per heavy atom. The Balaban J connectivity index is 2.96. The van der Waals surface area contributed by atoms with Gasteiger partial charge in [0, 0.05) is 12.5 Å². The molecule has 0 spiro atoms. The van der Waals surface area contributed by atoms with Gasteiger partial charge in [0.1, 0.15) is 17.5 Å². The number of carbonyl (C=O) groups is 2. The summed E-state index contributed by atoms with van der Waals surface area (Å²) in [6, 6.07) is 2.68. The minimum absolute atomic E-state index is 0.339. The molecule has 0 aromatic heterocycles. The maximum Gasteiger partial charge on any atom is 0.471 e. The van der Waals surface area contributed by atoms with Crippen molar-refractivity contribution in [1.82, 2.24) is 5.32 Å². The SMILES string of the molecule is COc1cc(CC(NC(=O)C(F)(F)F)C(=O)O)cc(OC)c1. The fourth-order valence-electron chi connectivity index (χ4n) is 1.66. The molecular weight excluding hydrogens is 307 g/mol. The van der Waals surface area contributed by atoms with Crippen molar-refractivity contribution in [2.75, 3.05) is 14.2 Å². The van der Waals surface area contributed by atoms with Crippen LogP contribution in [0.25, 0.3) is 0 Å². The van der Waals surface area contributed by atoms with Crippen LogP contribution >= 0.6 is 0 Å². The van der Waals surface area contributed by atoms with E-state index in [1.54, 1.807) is 0 Å². The minimum Gasteiger partial charge on any atom is -0.497 e. The Bertz CT molecular complexity index is 537. The smallest absolute Gasteiger partial charge is 0.471 e. The molecule has 6 nitrogen and oxygen atoms in total. The molecular formula is C13H14F3NO5. The van der Waals surface area contributed by atoms with Crippen LogP contribution in [0.4, 0.5) is 13.2 Å². The first-order chi connectivity index (χ1) is 10.2. The van der Waals surface area contributed by atoms with E-state index in [-0.39, 0.29) is 6.42 Å². The summed E-state index contributed by atoms with van der Waals surface area (Å²) in [4.78, 5) is 21.9. The van der Waals surface area contributed by atoms with Gasteiger partial charge in [-0.05, 0) is 17.7 Å². The van der Waals surface area contributed by atoms with Crippen molar-refractivity contribution in [2.24, 2.45) is 0 Å². The number of carboxylic acid groups (broad SMARTS) is 1. The van der Waals surface area contributed by atoms with Gasteiger partial charge in [-0.1, -0.05) is 0 Å². The summed E-state index contributed by atoms with van der Waals surface area (Å²) in [7, 11) is 2.75. The highest BCUT2D eigenvalue weighted by Crippen LogP contribution is 2.23. The normalized spacial score (nSPS) is 12.4. The minimum atomic E-state index is -5.15. The average molecular weight is 321 g/mol. The maximum absolute atomic E-state index is 12.2. The Labute approximate surface area is 123 Å². The summed E-state index contributed by atoms with van der Waals surface area (Å²) in [6.45, 7) is 0. The molecule has 0 saturated heterocycles. The van der Waals surface area contributed by atoms with Crippen molar-refractivity contribution in [3.8, 4) is 11.5 Å². The third-order valence-electron chi connectivity index (χ3n) is 2.71. The molecule has 1 atom stereocenters. The quantitative estimate of drug-likeness (QED) is 0.827. The number of halogens is 3. The van der Waals surface area contributed by atoms with E-state index >= 15 is 0 Å². The Morgan fingerprint density at radius 2 is 1.68 bits per heavy atom. The summed E-state index contributed by atoms with van der Waals surface area (Å²) >= 11 is 0. The number of amides is 1. The lowest BCUT2D eigenvalue weighted by atomic mass is 10.0. The van der Waals surface area contributed by atoms with E-state index in [1.165, 1.54) is 37.7 Å². The van der Waals surface area contributed by atoms with Crippen LogP contribution in [0, 0.1) is 0 Å². The number of carboxylic acids is 1. The lowest BCUT2D eigenvalue weighted by molar-refractivity contribution is -0.175. The van der Waals surface area contributed by atoms with Crippen molar-refractivity contribution in [3.63, 3.8) is 0 Å². The van der Waals surface area contributed by atoms with Crippen molar-refractivity contribution >= 4 is 11.9 Å². The van der Waals surface area contributed by atoms with Crippen LogP contribution in [0.2, 0.25) is 0 Å². The van der Waals surface area contributed by atoms with Crippen LogP contribution in [-0.4, -0.2) is 43.4 Å². The fourth-order valence-corrected chi connectivity index (χ4v) is 1.66. The van der Waals surface area contributed by atoms with Gasteiger partial charge in [0.25, 0.3) is 0 Å². The molecule has 9 heteroatoms. The largest absolute Gasteiger partial charge is 0.497 e. The van der Waals surface area contributed by atoms with Crippen molar-refractivity contribution in [3.05, 3.63) is 23.8 Å². The molecule has 0 fully saturated rings. The highest BCUT2D eigenvalue weighted by molar-refractivity contribution is 5.87. The van der Waals surface area contributed by atoms with E-state index in [4.69, 9.17) is 14.6 Å². The lowest BCUT2D eigenvalue weighted by Gasteiger charge is -2.16. The zero-order valence-electron chi connectivity index (χ0n) is 11.7. The molecule has 0 aliphatic carbocycles. The third kappa shape index (κ3) is 4.83. The zero-order valence-corrected chi connectivity index (χ0v) is 11.7. The van der Waals surface area contributed by atoms with Gasteiger partial charge < -0.3 is 19.9 Å². The number of ether oxygens (including phenoxy) is 2. The van der Waals surface area contributed by atoms with Gasteiger partial charge in [-0.15, -0.1) is 0 Å². The van der Waals surface area contributed by atoms with E-state index in [0.29, 0.717) is 17.1 Å². The van der Waals surface area contributed by atoms with E-state index in [0.717, 1.165) is 0 Å². The summed E-state index contributed by atoms with van der Waals surface area (Å²) < 4.78 is 46.6. The molecule has 0 radical (unpaired) electrons. The van der Waals surface area contributed by atoms with Crippen LogP contribution in [0.15, 0.2) is 18.2 Å². The number of rotatable bonds is 6. The topological polar surface area (TPSA) is 84.9 Å². The molecule has 0 aliphatic rings. The number of hydrogen-bond donors (Lipinski definition) is 2. The summed E-state index contributed by atoms with van der Waals surface area (Å²) in [5.74, 6) is -3.20. The number of benzene rings is 1. The number of carbonyl (C=O) groups excluding carboxylic acids is 1. The summed E-state index contributed by atoms with van der Waals surface area (Å²) in [5, 5.41) is 10.4. The highest BCUT2D eigenvalue weighted by Gasteiger charge is 2.40. The molecule has 2 N–H and O–H groups in total. The second kappa shape index (κ2) is 7.01. The maximum atomic E-state index is 12.2. The molecule has 22 heavy (non-hydrogen) atoms. The van der Waals surface area contributed by atoms with Crippen LogP contribution in [-0.2, 0) is 16.0 Å². The van der Waals surface area contributed by atoms with E-state index in [1.807, 2.05) is 0 Å². The first-order valence-corrected chi connectivity index (χ1v) is 5.99. The van der Waals surface area contributed by atoms with Crippen molar-refractivity contribution in [1.29, 1.82) is 0 Å². The second-order valence-corrected chi connectivity index (χ2v) is 4.29. The number of nitrogens with one attached hydrogen (secondary N) is 1. The molecule has 0 bridgehead atoms. The second-order valence-electron chi connectivity index (χ2n) is 4.29. The summed E-state index contributed by atoms with van der Waals surface area (Å²) in [5.41, 5.74) is 0.339. The standard InChI is InChI=1S/C13H14F3NO5/c1-21-8-3-7(4-9(6-8)22-2)5-10(11(18)19)17-12(20)13(14,15)16/h3-4,6,10H,5H2,1-2H3,(H,17,20)(H,18,19). The van der Waals surface area contributed by atoms with Gasteiger partial charge in [-0.2, -0.15) is 13.2 Å². The number of alkyl halides is 3. The van der Waals surface area contributed by atoms with Crippen molar-refractivity contribution < 1.29 is 37.3 Å². The van der Waals surface area contributed by atoms with Crippen LogP contribution in [0.3, 0.4) is 0 Å². The number of methoxy groups -OCH3 is 2. The van der Waals surface area contributed by atoms with E-state index < -0.39 is 24.1 Å². The highest BCUT2D eigenvalue weighted by atomic mass is 19.4. The lowest BCUT2D eigenvalue weighted by Crippen LogP contribution is -2.47. The fraction of sp³-hybridized carbons (Fsp3) is 0.385. The number of hydrogen-bond acceptors (Lipinski definition) is 4. The summed E-state index contributed by atoms with van der Waals surface area (Å²) in [6.07, 6.45) is -5.51. The first-order valence-electron chi connectivity index (χ1n) is 5.99. The molecule has 0 aliphatic heterocycles. The zero-order chi connectivity index (χ0) is 16.9. The predicted octanol–water partition coefficient (Wildman–Crippen LogP) is 1.38. The van der Waals surface area contributed by atoms with Gasteiger partial charge >= 0.3 is 18.1 Å². The van der Waals surface area contributed by atoms with Crippen LogP contribution < -0.4 is 14.8 Å². The average Bonchev–Trinajstić information content (AvgIpc) is 2.44. The van der Waals surface area contributed by atoms with Crippen LogP contribution in [0.5, 0.6) is 11.5 Å². The van der Waals surface area contributed by atoms with Gasteiger partial charge in [0.05, 0.1) is 14.2 Å². The van der Waals surface area contributed by atoms with Crippen molar-refractivity contribution in [2.45, 2.75) is 18.6 Å². The monoisotopic (exact) mass is 321 g/mol. The molecule has 122 valence electrons. The molecule has 1 rings (SSSR count). The van der Waals surface area contributed by atoms with E-state index in [2.05, 4.69) is 0 Å². The third-order valence-corrected chi connectivity index (χ3v) is 2.71. The molecule has 0 saturated carbocycles. The predicted molar refractivity (Wildman–Crippen MR) is 68.9 cm³/mol. The Morgan fingerprint density at radius 3 is 2.05 bits per heavy atom.